The number of rotatable bonds is 8. The van der Waals surface area contributed by atoms with Crippen molar-refractivity contribution in [3.05, 3.63) is 65.9 Å². The van der Waals surface area contributed by atoms with Crippen molar-refractivity contribution >= 4 is 22.5 Å². The first-order valence-electron chi connectivity index (χ1n) is 11.1. The van der Waals surface area contributed by atoms with Gasteiger partial charge < -0.3 is 14.2 Å². The molecule has 0 spiro atoms. The SMILES string of the molecule is COc1ccc2c(C(C)=O)cn(CCCN3CCC(C(=O)c4ccccc4)CC3)c2c1. The third-order valence-electron chi connectivity index (χ3n) is 6.36. The van der Waals surface area contributed by atoms with Crippen LogP contribution in [0.2, 0.25) is 0 Å². The fourth-order valence-electron chi connectivity index (χ4n) is 4.59. The molecule has 31 heavy (non-hydrogen) atoms. The third-order valence-corrected chi connectivity index (χ3v) is 6.36. The summed E-state index contributed by atoms with van der Waals surface area (Å²) in [7, 11) is 1.66. The number of fused-ring (bicyclic) bond motifs is 1. The number of benzene rings is 2. The fourth-order valence-corrected chi connectivity index (χ4v) is 4.59. The molecule has 0 aliphatic carbocycles. The predicted molar refractivity (Wildman–Crippen MR) is 123 cm³/mol. The van der Waals surface area contributed by atoms with Crippen LogP contribution in [0, 0.1) is 5.92 Å². The summed E-state index contributed by atoms with van der Waals surface area (Å²) in [6.45, 7) is 5.37. The molecule has 1 aliphatic heterocycles. The number of Topliss-reactive ketones (excluding diaryl/α,β-unsaturated/α-hetero) is 2. The van der Waals surface area contributed by atoms with Crippen molar-refractivity contribution in [2.24, 2.45) is 5.92 Å². The average molecular weight is 419 g/mol. The van der Waals surface area contributed by atoms with Crippen LogP contribution in [-0.4, -0.2) is 47.8 Å². The summed E-state index contributed by atoms with van der Waals surface area (Å²) in [4.78, 5) is 27.2. The molecule has 3 aromatic rings. The summed E-state index contributed by atoms with van der Waals surface area (Å²) in [5.74, 6) is 1.30. The summed E-state index contributed by atoms with van der Waals surface area (Å²) in [5, 5.41) is 0.980. The van der Waals surface area contributed by atoms with Gasteiger partial charge in [-0.25, -0.2) is 0 Å². The first kappa shape index (κ1) is 21.3. The summed E-state index contributed by atoms with van der Waals surface area (Å²) >= 11 is 0. The number of hydrogen-bond acceptors (Lipinski definition) is 4. The maximum absolute atomic E-state index is 12.7. The molecule has 0 N–H and O–H groups in total. The Morgan fingerprint density at radius 3 is 2.45 bits per heavy atom. The largest absolute Gasteiger partial charge is 0.497 e. The van der Waals surface area contributed by atoms with E-state index in [1.807, 2.05) is 54.7 Å². The number of hydrogen-bond donors (Lipinski definition) is 0. The molecule has 162 valence electrons. The van der Waals surface area contributed by atoms with Gasteiger partial charge in [-0.2, -0.15) is 0 Å². The normalized spacial score (nSPS) is 15.3. The number of carbonyl (C=O) groups excluding carboxylic acids is 2. The van der Waals surface area contributed by atoms with Crippen LogP contribution in [0.15, 0.2) is 54.7 Å². The fraction of sp³-hybridized carbons (Fsp3) is 0.385. The van der Waals surface area contributed by atoms with Gasteiger partial charge in [-0.1, -0.05) is 30.3 Å². The van der Waals surface area contributed by atoms with E-state index < -0.39 is 0 Å². The molecular formula is C26H30N2O3. The Morgan fingerprint density at radius 1 is 1.03 bits per heavy atom. The zero-order valence-corrected chi connectivity index (χ0v) is 18.3. The van der Waals surface area contributed by atoms with Gasteiger partial charge >= 0.3 is 0 Å². The molecule has 4 rings (SSSR count). The number of likely N-dealkylation sites (tertiary alicyclic amines) is 1. The van der Waals surface area contributed by atoms with E-state index >= 15 is 0 Å². The second kappa shape index (κ2) is 9.48. The van der Waals surface area contributed by atoms with Crippen molar-refractivity contribution in [1.29, 1.82) is 0 Å². The number of nitrogens with zero attached hydrogens (tertiary/aromatic N) is 2. The molecule has 0 saturated carbocycles. The molecule has 0 radical (unpaired) electrons. The number of aryl methyl sites for hydroxylation is 1. The Kier molecular flexibility index (Phi) is 6.52. The summed E-state index contributed by atoms with van der Waals surface area (Å²) in [6, 6.07) is 15.5. The highest BCUT2D eigenvalue weighted by atomic mass is 16.5. The monoisotopic (exact) mass is 418 g/mol. The highest BCUT2D eigenvalue weighted by Gasteiger charge is 2.25. The second-order valence-corrected chi connectivity index (χ2v) is 8.38. The van der Waals surface area contributed by atoms with E-state index in [0.29, 0.717) is 0 Å². The van der Waals surface area contributed by atoms with Crippen LogP contribution in [0.4, 0.5) is 0 Å². The lowest BCUT2D eigenvalue weighted by atomic mass is 9.89. The second-order valence-electron chi connectivity index (χ2n) is 8.38. The molecule has 2 heterocycles. The van der Waals surface area contributed by atoms with E-state index in [0.717, 1.165) is 73.2 Å². The van der Waals surface area contributed by atoms with E-state index in [1.165, 1.54) is 0 Å². The number of carbonyl (C=O) groups is 2. The number of methoxy groups -OCH3 is 1. The van der Waals surface area contributed by atoms with Gasteiger partial charge in [0, 0.05) is 41.2 Å². The van der Waals surface area contributed by atoms with Gasteiger partial charge in [0.2, 0.25) is 0 Å². The Hall–Kier alpha value is -2.92. The third kappa shape index (κ3) is 4.72. The van der Waals surface area contributed by atoms with Crippen molar-refractivity contribution in [3.8, 4) is 5.75 Å². The predicted octanol–water partition coefficient (Wildman–Crippen LogP) is 4.84. The van der Waals surface area contributed by atoms with Crippen molar-refractivity contribution in [3.63, 3.8) is 0 Å². The van der Waals surface area contributed by atoms with Gasteiger partial charge in [-0.15, -0.1) is 0 Å². The van der Waals surface area contributed by atoms with Crippen LogP contribution in [0.25, 0.3) is 10.9 Å². The molecule has 0 bridgehead atoms. The van der Waals surface area contributed by atoms with E-state index in [-0.39, 0.29) is 17.5 Å². The van der Waals surface area contributed by atoms with Gasteiger partial charge in [-0.3, -0.25) is 9.59 Å². The Morgan fingerprint density at radius 2 is 1.77 bits per heavy atom. The zero-order valence-electron chi connectivity index (χ0n) is 18.3. The number of ether oxygens (including phenoxy) is 1. The highest BCUT2D eigenvalue weighted by molar-refractivity contribution is 6.07. The standard InChI is InChI=1S/C26H30N2O3/c1-19(29)24-18-28(25-17-22(31-2)9-10-23(24)25)14-6-13-27-15-11-21(12-16-27)26(30)20-7-4-3-5-8-20/h3-5,7-10,17-18,21H,6,11-16H2,1-2H3. The van der Waals surface area contributed by atoms with E-state index in [4.69, 9.17) is 4.74 Å². The maximum Gasteiger partial charge on any atom is 0.166 e. The molecule has 5 heteroatoms. The van der Waals surface area contributed by atoms with Crippen molar-refractivity contribution in [2.75, 3.05) is 26.7 Å². The van der Waals surface area contributed by atoms with Crippen LogP contribution in [0.3, 0.4) is 0 Å². The van der Waals surface area contributed by atoms with Crippen LogP contribution >= 0.6 is 0 Å². The molecule has 0 unspecified atom stereocenters. The van der Waals surface area contributed by atoms with Gasteiger partial charge in [0.1, 0.15) is 5.75 Å². The van der Waals surface area contributed by atoms with E-state index in [9.17, 15) is 9.59 Å². The molecule has 2 aromatic carbocycles. The molecule has 1 aromatic heterocycles. The van der Waals surface area contributed by atoms with Gasteiger partial charge in [-0.05, 0) is 58.0 Å². The lowest BCUT2D eigenvalue weighted by molar-refractivity contribution is 0.0838. The van der Waals surface area contributed by atoms with Crippen molar-refractivity contribution in [1.82, 2.24) is 9.47 Å². The molecule has 1 saturated heterocycles. The minimum absolute atomic E-state index is 0.0825. The summed E-state index contributed by atoms with van der Waals surface area (Å²) in [5.41, 5.74) is 2.63. The molecule has 0 atom stereocenters. The molecule has 1 aliphatic rings. The van der Waals surface area contributed by atoms with E-state index in [2.05, 4.69) is 9.47 Å². The summed E-state index contributed by atoms with van der Waals surface area (Å²) < 4.78 is 7.54. The van der Waals surface area contributed by atoms with Crippen LogP contribution in [-0.2, 0) is 6.54 Å². The average Bonchev–Trinajstić information content (AvgIpc) is 3.18. The molecular weight excluding hydrogens is 388 g/mol. The minimum Gasteiger partial charge on any atom is -0.497 e. The quantitative estimate of drug-likeness (QED) is 0.491. The van der Waals surface area contributed by atoms with Gasteiger partial charge in [0.05, 0.1) is 12.6 Å². The lowest BCUT2D eigenvalue weighted by Crippen LogP contribution is -2.37. The van der Waals surface area contributed by atoms with Crippen LogP contribution < -0.4 is 4.74 Å². The first-order valence-corrected chi connectivity index (χ1v) is 11.1. The lowest BCUT2D eigenvalue weighted by Gasteiger charge is -2.31. The van der Waals surface area contributed by atoms with Crippen molar-refractivity contribution in [2.45, 2.75) is 32.7 Å². The molecule has 1 fully saturated rings. The Bertz CT molecular complexity index is 1060. The molecule has 5 nitrogen and oxygen atoms in total. The number of aromatic nitrogens is 1. The Labute approximate surface area is 183 Å². The molecule has 0 amide bonds. The number of ketones is 2. The summed E-state index contributed by atoms with van der Waals surface area (Å²) in [6.07, 6.45) is 4.81. The van der Waals surface area contributed by atoms with Crippen molar-refractivity contribution < 1.29 is 14.3 Å². The first-order chi connectivity index (χ1) is 15.1. The van der Waals surface area contributed by atoms with Crippen LogP contribution in [0.1, 0.15) is 46.9 Å². The minimum atomic E-state index is 0.0825. The van der Waals surface area contributed by atoms with Gasteiger partial charge in [0.25, 0.3) is 0 Å². The number of piperidine rings is 1. The maximum atomic E-state index is 12.7. The Balaban J connectivity index is 1.34. The van der Waals surface area contributed by atoms with E-state index in [1.54, 1.807) is 14.0 Å². The highest BCUT2D eigenvalue weighted by Crippen LogP contribution is 2.27. The van der Waals surface area contributed by atoms with Crippen LogP contribution in [0.5, 0.6) is 5.75 Å². The van der Waals surface area contributed by atoms with Gasteiger partial charge in [0.15, 0.2) is 11.6 Å². The zero-order chi connectivity index (χ0) is 21.8. The topological polar surface area (TPSA) is 51.5 Å². The smallest absolute Gasteiger partial charge is 0.166 e.